The van der Waals surface area contributed by atoms with Crippen LogP contribution in [0.15, 0.2) is 66.6 Å². The fraction of sp³-hybridized carbons (Fsp3) is 0.378. The van der Waals surface area contributed by atoms with E-state index in [1.54, 1.807) is 6.08 Å². The number of carbonyl (C=O) groups excluding carboxylic acids is 1. The van der Waals surface area contributed by atoms with E-state index in [2.05, 4.69) is 54.0 Å². The number of allylic oxidation sites excluding steroid dienone is 2. The quantitative estimate of drug-likeness (QED) is 0.0983. The Morgan fingerprint density at radius 3 is 2.24 bits per heavy atom. The molecule has 6 rings (SSSR count). The third-order valence-electron chi connectivity index (χ3n) is 8.58. The van der Waals surface area contributed by atoms with Crippen molar-refractivity contribution < 1.29 is 30.0 Å². The Bertz CT molecular complexity index is 1600. The maximum absolute atomic E-state index is 12.0. The van der Waals surface area contributed by atoms with Gasteiger partial charge in [-0.2, -0.15) is 0 Å². The fourth-order valence-corrected chi connectivity index (χ4v) is 6.46. The van der Waals surface area contributed by atoms with Gasteiger partial charge in [0, 0.05) is 44.2 Å². The van der Waals surface area contributed by atoms with Crippen LogP contribution in [0.4, 0.5) is 5.69 Å². The van der Waals surface area contributed by atoms with E-state index in [-0.39, 0.29) is 37.7 Å². The van der Waals surface area contributed by atoms with Crippen molar-refractivity contribution in [3.8, 4) is 11.3 Å². The number of ketones is 1. The van der Waals surface area contributed by atoms with Gasteiger partial charge in [-0.15, -0.1) is 34.9 Å². The molecule has 4 nitrogen and oxygen atoms in total. The standard InChI is InChI=1S/C22H15N2.C15H24O2.Ir/c1-14-10-15(2)12-18(11-14)22-21-16(8-9-24-22)4-5-17-13-19(23-3)6-7-20(17)21;16-14(12-7-3-1-4-8-12)11-15(17)13-9-5-2-6-10-13;/h4-11,13H,1-2H3;11-13,16H,1-10H2;/q-1;;/b;14-11-;. The first-order valence-electron chi connectivity index (χ1n) is 15.1. The second-order valence-corrected chi connectivity index (χ2v) is 11.7. The zero-order chi connectivity index (χ0) is 28.8. The number of aliphatic hydroxyl groups excluding tert-OH is 1. The van der Waals surface area contributed by atoms with Crippen molar-refractivity contribution in [3.05, 3.63) is 95.2 Å². The second-order valence-electron chi connectivity index (χ2n) is 11.7. The first-order chi connectivity index (χ1) is 19.9. The summed E-state index contributed by atoms with van der Waals surface area (Å²) >= 11 is 0. The van der Waals surface area contributed by atoms with Crippen LogP contribution >= 0.6 is 0 Å². The van der Waals surface area contributed by atoms with Crippen LogP contribution in [0, 0.1) is 38.3 Å². The molecule has 0 aliphatic heterocycles. The van der Waals surface area contributed by atoms with Crippen LogP contribution in [0.5, 0.6) is 0 Å². The summed E-state index contributed by atoms with van der Waals surface area (Å²) < 4.78 is 0. The van der Waals surface area contributed by atoms with E-state index in [0.29, 0.717) is 11.4 Å². The van der Waals surface area contributed by atoms with Crippen LogP contribution in [0.2, 0.25) is 0 Å². The molecule has 4 aromatic rings. The Morgan fingerprint density at radius 2 is 1.57 bits per heavy atom. The zero-order valence-electron chi connectivity index (χ0n) is 24.6. The number of aryl methyl sites for hydroxylation is 2. The van der Waals surface area contributed by atoms with Gasteiger partial charge in [0.15, 0.2) is 11.5 Å². The number of aliphatic hydroxyl groups is 1. The van der Waals surface area contributed by atoms with Crippen molar-refractivity contribution in [2.45, 2.75) is 78.1 Å². The Hall–Kier alpha value is -3.32. The predicted octanol–water partition coefficient (Wildman–Crippen LogP) is 10.2. The first-order valence-corrected chi connectivity index (χ1v) is 15.1. The summed E-state index contributed by atoms with van der Waals surface area (Å²) in [6.07, 6.45) is 14.8. The minimum Gasteiger partial charge on any atom is -0.512 e. The molecule has 2 saturated carbocycles. The Labute approximate surface area is 263 Å². The van der Waals surface area contributed by atoms with Crippen molar-refractivity contribution >= 4 is 33.0 Å². The van der Waals surface area contributed by atoms with Crippen LogP contribution in [0.25, 0.3) is 37.6 Å². The average Bonchev–Trinajstić information content (AvgIpc) is 3.01. The number of carbonyl (C=O) groups is 1. The molecule has 2 fully saturated rings. The van der Waals surface area contributed by atoms with Gasteiger partial charge in [0.05, 0.1) is 12.3 Å². The van der Waals surface area contributed by atoms with E-state index in [9.17, 15) is 9.90 Å². The van der Waals surface area contributed by atoms with Gasteiger partial charge in [0.25, 0.3) is 0 Å². The molecule has 2 aliphatic carbocycles. The van der Waals surface area contributed by atoms with E-state index < -0.39 is 0 Å². The number of hydrogen-bond donors (Lipinski definition) is 1. The van der Waals surface area contributed by atoms with Crippen molar-refractivity contribution in [2.75, 3.05) is 0 Å². The Morgan fingerprint density at radius 1 is 0.905 bits per heavy atom. The molecule has 42 heavy (non-hydrogen) atoms. The van der Waals surface area contributed by atoms with Gasteiger partial charge in [-0.1, -0.05) is 76.6 Å². The van der Waals surface area contributed by atoms with Gasteiger partial charge < -0.3 is 10.1 Å². The summed E-state index contributed by atoms with van der Waals surface area (Å²) in [6.45, 7) is 11.4. The molecule has 0 unspecified atom stereocenters. The molecule has 5 heteroatoms. The van der Waals surface area contributed by atoms with Gasteiger partial charge in [-0.05, 0) is 65.1 Å². The first kappa shape index (κ1) is 31.6. The molecule has 0 bridgehead atoms. The summed E-state index contributed by atoms with van der Waals surface area (Å²) in [5.41, 5.74) is 4.93. The molecule has 219 valence electrons. The molecule has 1 N–H and O–H groups in total. The van der Waals surface area contributed by atoms with E-state index in [4.69, 9.17) is 6.57 Å². The zero-order valence-corrected chi connectivity index (χ0v) is 27.0. The van der Waals surface area contributed by atoms with Crippen molar-refractivity contribution in [1.29, 1.82) is 0 Å². The smallest absolute Gasteiger partial charge is 0.187 e. The normalized spacial score (nSPS) is 16.3. The Balaban J connectivity index is 0.000000200. The van der Waals surface area contributed by atoms with E-state index in [1.807, 2.05) is 30.5 Å². The van der Waals surface area contributed by atoms with Crippen LogP contribution < -0.4 is 0 Å². The molecule has 2 aliphatic rings. The van der Waals surface area contributed by atoms with Crippen LogP contribution in [0.1, 0.15) is 75.3 Å². The number of rotatable bonds is 4. The minimum atomic E-state index is 0. The van der Waals surface area contributed by atoms with Gasteiger partial charge in [-0.25, -0.2) is 4.85 Å². The van der Waals surface area contributed by atoms with E-state index >= 15 is 0 Å². The van der Waals surface area contributed by atoms with Gasteiger partial charge >= 0.3 is 0 Å². The molecule has 1 heterocycles. The third-order valence-corrected chi connectivity index (χ3v) is 8.58. The molecule has 1 aromatic heterocycles. The average molecular weight is 736 g/mol. The van der Waals surface area contributed by atoms with Gasteiger partial charge in [0.1, 0.15) is 0 Å². The number of fused-ring (bicyclic) bond motifs is 3. The van der Waals surface area contributed by atoms with Crippen molar-refractivity contribution in [2.24, 2.45) is 11.8 Å². The predicted molar refractivity (Wildman–Crippen MR) is 168 cm³/mol. The molecule has 0 spiro atoms. The SMILES string of the molecule is O=C(/C=C(\O)C1CCCCC1)C1CCCCC1.[C-]#[N+]c1ccc2c(ccc3ccnc(-c4[c-]c(C)cc(C)c4)c32)c1.[Ir]. The summed E-state index contributed by atoms with van der Waals surface area (Å²) in [5.74, 6) is 0.985. The number of benzene rings is 3. The number of hydrogen-bond acceptors (Lipinski definition) is 3. The third kappa shape index (κ3) is 7.54. The summed E-state index contributed by atoms with van der Waals surface area (Å²) in [7, 11) is 0. The summed E-state index contributed by atoms with van der Waals surface area (Å²) in [6, 6.07) is 19.7. The second kappa shape index (κ2) is 14.7. The molecule has 0 atom stereocenters. The van der Waals surface area contributed by atoms with Gasteiger partial charge in [0.2, 0.25) is 0 Å². The largest absolute Gasteiger partial charge is 0.512 e. The summed E-state index contributed by atoms with van der Waals surface area (Å²) in [4.78, 5) is 20.2. The molecule has 0 amide bonds. The Kier molecular flexibility index (Phi) is 11.1. The monoisotopic (exact) mass is 736 g/mol. The van der Waals surface area contributed by atoms with Crippen molar-refractivity contribution in [1.82, 2.24) is 4.98 Å². The van der Waals surface area contributed by atoms with Gasteiger partial charge in [-0.3, -0.25) is 4.79 Å². The molecule has 0 saturated heterocycles. The molecule has 3 aromatic carbocycles. The van der Waals surface area contributed by atoms with Crippen LogP contribution in [-0.4, -0.2) is 15.9 Å². The maximum Gasteiger partial charge on any atom is 0.187 e. The number of aromatic nitrogens is 1. The maximum atomic E-state index is 12.0. The molecular formula is C37H39IrN2O2-. The molecular weight excluding hydrogens is 697 g/mol. The van der Waals surface area contributed by atoms with Crippen molar-refractivity contribution in [3.63, 3.8) is 0 Å². The van der Waals surface area contributed by atoms with Crippen LogP contribution in [0.3, 0.4) is 0 Å². The topological polar surface area (TPSA) is 54.5 Å². The fourth-order valence-electron chi connectivity index (χ4n) is 6.46. The van der Waals surface area contributed by atoms with Crippen LogP contribution in [-0.2, 0) is 24.9 Å². The number of nitrogens with zero attached hydrogens (tertiary/aromatic N) is 2. The van der Waals surface area contributed by atoms with E-state index in [0.717, 1.165) is 64.0 Å². The molecule has 1 radical (unpaired) electrons. The summed E-state index contributed by atoms with van der Waals surface area (Å²) in [5, 5.41) is 14.5. The minimum absolute atomic E-state index is 0. The number of pyridine rings is 1. The van der Waals surface area contributed by atoms with E-state index in [1.165, 1.54) is 44.1 Å².